The van der Waals surface area contributed by atoms with Crippen molar-refractivity contribution in [3.63, 3.8) is 0 Å². The molecule has 0 aromatic heterocycles. The van der Waals surface area contributed by atoms with Crippen molar-refractivity contribution in [3.8, 4) is 17.2 Å². The molecule has 1 amide bonds. The second-order valence-corrected chi connectivity index (χ2v) is 6.91. The van der Waals surface area contributed by atoms with E-state index < -0.39 is 5.60 Å². The number of likely N-dealkylation sites (tertiary alicyclic amines) is 1. The molecular formula is C21H21NO5. The lowest BCUT2D eigenvalue weighted by Crippen LogP contribution is -2.45. The number of Topliss-reactive ketones (excluding diaryl/α,β-unsaturated/α-hetero) is 1. The fourth-order valence-corrected chi connectivity index (χ4v) is 3.64. The first kappa shape index (κ1) is 17.4. The van der Waals surface area contributed by atoms with E-state index in [0.717, 1.165) is 0 Å². The summed E-state index contributed by atoms with van der Waals surface area (Å²) in [4.78, 5) is 26.9. The van der Waals surface area contributed by atoms with Gasteiger partial charge in [0.1, 0.15) is 22.8 Å². The summed E-state index contributed by atoms with van der Waals surface area (Å²) >= 11 is 0. The van der Waals surface area contributed by atoms with Crippen LogP contribution in [0.25, 0.3) is 0 Å². The molecule has 6 nitrogen and oxygen atoms in total. The molecule has 2 aliphatic rings. The number of fused-ring (bicyclic) bond motifs is 1. The van der Waals surface area contributed by atoms with Gasteiger partial charge in [0.15, 0.2) is 12.4 Å². The average molecular weight is 367 g/mol. The summed E-state index contributed by atoms with van der Waals surface area (Å²) in [6.07, 6.45) is 0.887. The second-order valence-electron chi connectivity index (χ2n) is 6.91. The van der Waals surface area contributed by atoms with E-state index in [1.807, 2.05) is 30.3 Å². The smallest absolute Gasteiger partial charge is 0.260 e. The minimum Gasteiger partial charge on any atom is -0.497 e. The van der Waals surface area contributed by atoms with Crippen LogP contribution >= 0.6 is 0 Å². The third-order valence-electron chi connectivity index (χ3n) is 5.07. The fourth-order valence-electron chi connectivity index (χ4n) is 3.64. The lowest BCUT2D eigenvalue weighted by molar-refractivity contribution is -0.133. The van der Waals surface area contributed by atoms with Gasteiger partial charge >= 0.3 is 0 Å². The van der Waals surface area contributed by atoms with Crippen LogP contribution in [-0.2, 0) is 4.79 Å². The maximum atomic E-state index is 12.6. The van der Waals surface area contributed by atoms with Crippen molar-refractivity contribution in [1.29, 1.82) is 0 Å². The Morgan fingerprint density at radius 3 is 2.78 bits per heavy atom. The minimum absolute atomic E-state index is 0.0185. The molecule has 1 atom stereocenters. The van der Waals surface area contributed by atoms with E-state index >= 15 is 0 Å². The van der Waals surface area contributed by atoms with Crippen LogP contribution in [0.1, 0.15) is 23.2 Å². The number of ether oxygens (including phenoxy) is 3. The third-order valence-corrected chi connectivity index (χ3v) is 5.07. The van der Waals surface area contributed by atoms with Crippen molar-refractivity contribution in [2.75, 3.05) is 26.8 Å². The quantitative estimate of drug-likeness (QED) is 0.831. The van der Waals surface area contributed by atoms with E-state index in [0.29, 0.717) is 42.3 Å². The van der Waals surface area contributed by atoms with Crippen LogP contribution in [0.2, 0.25) is 0 Å². The molecule has 2 heterocycles. The number of rotatable bonds is 4. The standard InChI is InChI=1S/C21H21NO5/c1-25-16-7-8-19-17(11-16)18(23)12-21(27-19)9-10-22(14-21)20(24)13-26-15-5-3-2-4-6-15/h2-8,11H,9-10,12-14H2,1H3. The second kappa shape index (κ2) is 6.95. The van der Waals surface area contributed by atoms with Gasteiger partial charge in [-0.25, -0.2) is 0 Å². The maximum Gasteiger partial charge on any atom is 0.260 e. The van der Waals surface area contributed by atoms with Crippen LogP contribution < -0.4 is 14.2 Å². The zero-order valence-electron chi connectivity index (χ0n) is 15.1. The summed E-state index contributed by atoms with van der Waals surface area (Å²) in [5.74, 6) is 1.76. The van der Waals surface area contributed by atoms with Gasteiger partial charge < -0.3 is 19.1 Å². The highest BCUT2D eigenvalue weighted by molar-refractivity contribution is 6.01. The molecular weight excluding hydrogens is 346 g/mol. The van der Waals surface area contributed by atoms with E-state index in [1.54, 1.807) is 30.2 Å². The van der Waals surface area contributed by atoms with E-state index in [2.05, 4.69) is 0 Å². The topological polar surface area (TPSA) is 65.1 Å². The number of carbonyl (C=O) groups is 2. The van der Waals surface area contributed by atoms with E-state index in [1.165, 1.54) is 0 Å². The van der Waals surface area contributed by atoms with Gasteiger partial charge in [-0.2, -0.15) is 0 Å². The molecule has 27 heavy (non-hydrogen) atoms. The van der Waals surface area contributed by atoms with Gasteiger partial charge in [-0.1, -0.05) is 18.2 Å². The number of nitrogens with zero attached hydrogens (tertiary/aromatic N) is 1. The summed E-state index contributed by atoms with van der Waals surface area (Å²) in [6, 6.07) is 14.5. The summed E-state index contributed by atoms with van der Waals surface area (Å²) < 4.78 is 16.9. The zero-order chi connectivity index (χ0) is 18.9. The number of methoxy groups -OCH3 is 1. The van der Waals surface area contributed by atoms with Crippen LogP contribution in [0.4, 0.5) is 0 Å². The number of para-hydroxylation sites is 1. The van der Waals surface area contributed by atoms with Crippen LogP contribution in [0.3, 0.4) is 0 Å². The van der Waals surface area contributed by atoms with Crippen LogP contribution in [-0.4, -0.2) is 49.0 Å². The SMILES string of the molecule is COc1ccc2c(c1)C(=O)CC1(CCN(C(=O)COc3ccccc3)C1)O2. The number of carbonyl (C=O) groups excluding carboxylic acids is 2. The normalized spacial score (nSPS) is 20.9. The van der Waals surface area contributed by atoms with Crippen LogP contribution in [0, 0.1) is 0 Å². The molecule has 2 aromatic rings. The van der Waals surface area contributed by atoms with Crippen LogP contribution in [0.15, 0.2) is 48.5 Å². The molecule has 1 spiro atoms. The Kier molecular flexibility index (Phi) is 4.48. The Bertz CT molecular complexity index is 866. The first-order chi connectivity index (χ1) is 13.1. The third kappa shape index (κ3) is 3.47. The first-order valence-electron chi connectivity index (χ1n) is 8.94. The minimum atomic E-state index is -0.652. The Morgan fingerprint density at radius 1 is 1.19 bits per heavy atom. The van der Waals surface area contributed by atoms with Gasteiger partial charge in [0, 0.05) is 13.0 Å². The van der Waals surface area contributed by atoms with Crippen molar-refractivity contribution >= 4 is 11.7 Å². The molecule has 1 fully saturated rings. The number of hydrogen-bond donors (Lipinski definition) is 0. The van der Waals surface area contributed by atoms with Crippen molar-refractivity contribution in [2.45, 2.75) is 18.4 Å². The average Bonchev–Trinajstić information content (AvgIpc) is 3.10. The summed E-state index contributed by atoms with van der Waals surface area (Å²) in [7, 11) is 1.56. The maximum absolute atomic E-state index is 12.6. The highest BCUT2D eigenvalue weighted by atomic mass is 16.5. The predicted molar refractivity (Wildman–Crippen MR) is 98.4 cm³/mol. The molecule has 0 aliphatic carbocycles. The number of ketones is 1. The van der Waals surface area contributed by atoms with Crippen molar-refractivity contribution in [2.24, 2.45) is 0 Å². The molecule has 2 aromatic carbocycles. The van der Waals surface area contributed by atoms with Gasteiger partial charge in [-0.05, 0) is 30.3 Å². The molecule has 0 bridgehead atoms. The highest BCUT2D eigenvalue weighted by Crippen LogP contribution is 2.40. The summed E-state index contributed by atoms with van der Waals surface area (Å²) in [6.45, 7) is 0.915. The number of benzene rings is 2. The van der Waals surface area contributed by atoms with Gasteiger partial charge in [0.25, 0.3) is 5.91 Å². The van der Waals surface area contributed by atoms with E-state index in [9.17, 15) is 9.59 Å². The molecule has 1 unspecified atom stereocenters. The van der Waals surface area contributed by atoms with Crippen molar-refractivity contribution < 1.29 is 23.8 Å². The lowest BCUT2D eigenvalue weighted by atomic mass is 9.89. The lowest BCUT2D eigenvalue weighted by Gasteiger charge is -2.34. The Balaban J connectivity index is 1.42. The van der Waals surface area contributed by atoms with Gasteiger partial charge in [-0.3, -0.25) is 9.59 Å². The highest BCUT2D eigenvalue weighted by Gasteiger charge is 2.47. The number of amides is 1. The molecule has 140 valence electrons. The van der Waals surface area contributed by atoms with Crippen molar-refractivity contribution in [1.82, 2.24) is 4.90 Å². The van der Waals surface area contributed by atoms with Gasteiger partial charge in [0.05, 0.1) is 25.6 Å². The summed E-state index contributed by atoms with van der Waals surface area (Å²) in [5.41, 5.74) is -0.113. The molecule has 0 N–H and O–H groups in total. The molecule has 0 radical (unpaired) electrons. The first-order valence-corrected chi connectivity index (χ1v) is 8.94. The predicted octanol–water partition coefficient (Wildman–Crippen LogP) is 2.71. The van der Waals surface area contributed by atoms with Gasteiger partial charge in [0.2, 0.25) is 0 Å². The zero-order valence-corrected chi connectivity index (χ0v) is 15.1. The van der Waals surface area contributed by atoms with E-state index in [-0.39, 0.29) is 24.7 Å². The van der Waals surface area contributed by atoms with Crippen molar-refractivity contribution in [3.05, 3.63) is 54.1 Å². The molecule has 4 rings (SSSR count). The largest absolute Gasteiger partial charge is 0.497 e. The van der Waals surface area contributed by atoms with Crippen LogP contribution in [0.5, 0.6) is 17.2 Å². The fraction of sp³-hybridized carbons (Fsp3) is 0.333. The molecule has 0 saturated carbocycles. The Labute approximate surface area is 157 Å². The Hall–Kier alpha value is -3.02. The Morgan fingerprint density at radius 2 is 2.00 bits per heavy atom. The molecule has 1 saturated heterocycles. The van der Waals surface area contributed by atoms with Gasteiger partial charge in [-0.15, -0.1) is 0 Å². The van der Waals surface area contributed by atoms with E-state index in [4.69, 9.17) is 14.2 Å². The number of hydrogen-bond acceptors (Lipinski definition) is 5. The summed E-state index contributed by atoms with van der Waals surface area (Å²) in [5, 5.41) is 0. The monoisotopic (exact) mass is 367 g/mol. The molecule has 6 heteroatoms. The molecule has 2 aliphatic heterocycles.